The summed E-state index contributed by atoms with van der Waals surface area (Å²) in [5, 5.41) is 0.836. The van der Waals surface area contributed by atoms with Crippen LogP contribution < -0.4 is 0 Å². The summed E-state index contributed by atoms with van der Waals surface area (Å²) in [5.74, 6) is -0.262. The van der Waals surface area contributed by atoms with Crippen molar-refractivity contribution in [2.45, 2.75) is 64.1 Å². The summed E-state index contributed by atoms with van der Waals surface area (Å²) in [6.07, 6.45) is 4.14. The first kappa shape index (κ1) is 28.7. The van der Waals surface area contributed by atoms with Gasteiger partial charge in [0.1, 0.15) is 6.10 Å². The van der Waals surface area contributed by atoms with Gasteiger partial charge in [0.25, 0.3) is 5.91 Å². The second-order valence-corrected chi connectivity index (χ2v) is 12.1. The Morgan fingerprint density at radius 2 is 1.48 bits per heavy atom. The molecule has 2 heterocycles. The van der Waals surface area contributed by atoms with Crippen LogP contribution in [0.2, 0.25) is 10.0 Å². The Morgan fingerprint density at radius 3 is 2.12 bits per heavy atom. The highest BCUT2D eigenvalue weighted by Crippen LogP contribution is 2.29. The predicted molar refractivity (Wildman–Crippen MR) is 160 cm³/mol. The highest BCUT2D eigenvalue weighted by molar-refractivity contribution is 6.35. The number of hydrogen-bond acceptors (Lipinski definition) is 4. The molecule has 0 N–H and O–H groups in total. The molecule has 0 radical (unpaired) electrons. The minimum Gasteiger partial charge on any atom is -0.459 e. The zero-order valence-corrected chi connectivity index (χ0v) is 24.6. The summed E-state index contributed by atoms with van der Waals surface area (Å²) in [5.41, 5.74) is 4.63. The molecule has 5 rings (SSSR count). The van der Waals surface area contributed by atoms with Crippen molar-refractivity contribution in [3.05, 3.63) is 105 Å². The minimum atomic E-state index is -0.385. The zero-order chi connectivity index (χ0) is 28.2. The molecule has 0 bridgehead atoms. The van der Waals surface area contributed by atoms with Gasteiger partial charge in [-0.3, -0.25) is 9.69 Å². The van der Waals surface area contributed by atoms with Gasteiger partial charge in [-0.05, 0) is 81.8 Å². The van der Waals surface area contributed by atoms with Crippen LogP contribution in [0, 0.1) is 13.8 Å². The van der Waals surface area contributed by atoms with E-state index >= 15 is 0 Å². The van der Waals surface area contributed by atoms with Gasteiger partial charge in [-0.15, -0.1) is 0 Å². The van der Waals surface area contributed by atoms with Crippen molar-refractivity contribution in [1.29, 1.82) is 0 Å². The van der Waals surface area contributed by atoms with Gasteiger partial charge in [-0.25, -0.2) is 4.79 Å². The van der Waals surface area contributed by atoms with Crippen molar-refractivity contribution in [1.82, 2.24) is 9.80 Å². The Hall–Kier alpha value is -2.86. The van der Waals surface area contributed by atoms with Crippen LogP contribution in [0.3, 0.4) is 0 Å². The maximum atomic E-state index is 13.7. The van der Waals surface area contributed by atoms with E-state index in [4.69, 9.17) is 27.9 Å². The number of hydrogen-bond donors (Lipinski definition) is 0. The van der Waals surface area contributed by atoms with E-state index in [1.54, 1.807) is 18.2 Å². The van der Waals surface area contributed by atoms with Gasteiger partial charge < -0.3 is 9.64 Å². The fourth-order valence-electron chi connectivity index (χ4n) is 6.22. The van der Waals surface area contributed by atoms with E-state index in [9.17, 15) is 9.59 Å². The van der Waals surface area contributed by atoms with E-state index in [0.717, 1.165) is 68.4 Å². The molecule has 0 spiro atoms. The molecule has 2 atom stereocenters. The number of aryl methyl sites for hydroxylation is 2. The summed E-state index contributed by atoms with van der Waals surface area (Å²) < 4.78 is 5.80. The Bertz CT molecular complexity index is 1310. The molecular weight excluding hydrogens is 543 g/mol. The van der Waals surface area contributed by atoms with Crippen molar-refractivity contribution in [3.8, 4) is 0 Å². The number of amides is 1. The molecular formula is C33H36Cl2N2O3. The molecule has 3 aromatic carbocycles. The standard InChI is InChI=1S/C33H36Cl2N2O3/c1-22-14-23(2)16-25(15-22)32(38)37-13-8-29(21-30(37)17-24-6-4-3-5-7-24)36-11-9-31(10-12-36)40-33(39)26-18-27(34)20-28(35)19-26/h3-7,14-16,18-20,29-31H,8-13,17,21H2,1-2H3. The first-order valence-electron chi connectivity index (χ1n) is 14.1. The van der Waals surface area contributed by atoms with Crippen molar-refractivity contribution in [2.75, 3.05) is 19.6 Å². The van der Waals surface area contributed by atoms with Gasteiger partial charge in [-0.2, -0.15) is 0 Å². The van der Waals surface area contributed by atoms with Crippen molar-refractivity contribution >= 4 is 35.1 Å². The van der Waals surface area contributed by atoms with Gasteiger partial charge in [0.2, 0.25) is 0 Å². The number of ether oxygens (including phenoxy) is 1. The number of piperidine rings is 2. The van der Waals surface area contributed by atoms with Crippen LogP contribution in [-0.2, 0) is 11.2 Å². The molecule has 1 amide bonds. The van der Waals surface area contributed by atoms with Gasteiger partial charge in [-0.1, -0.05) is 70.7 Å². The first-order chi connectivity index (χ1) is 19.2. The average Bonchev–Trinajstić information content (AvgIpc) is 2.92. The highest BCUT2D eigenvalue weighted by atomic mass is 35.5. The molecule has 2 aliphatic rings. The third-order valence-corrected chi connectivity index (χ3v) is 8.53. The number of benzene rings is 3. The van der Waals surface area contributed by atoms with Crippen molar-refractivity contribution < 1.29 is 14.3 Å². The number of carbonyl (C=O) groups is 2. The van der Waals surface area contributed by atoms with Crippen LogP contribution in [0.15, 0.2) is 66.7 Å². The van der Waals surface area contributed by atoms with Crippen LogP contribution in [0.5, 0.6) is 0 Å². The van der Waals surface area contributed by atoms with Gasteiger partial charge in [0, 0.05) is 47.3 Å². The molecule has 5 nitrogen and oxygen atoms in total. The smallest absolute Gasteiger partial charge is 0.338 e. The lowest BCUT2D eigenvalue weighted by Gasteiger charge is -2.45. The lowest BCUT2D eigenvalue weighted by molar-refractivity contribution is -0.00380. The monoisotopic (exact) mass is 578 g/mol. The van der Waals surface area contributed by atoms with Crippen LogP contribution >= 0.6 is 23.2 Å². The molecule has 2 fully saturated rings. The van der Waals surface area contributed by atoms with Crippen molar-refractivity contribution in [3.63, 3.8) is 0 Å². The Balaban J connectivity index is 1.23. The third kappa shape index (κ3) is 7.06. The normalized spacial score (nSPS) is 20.4. The minimum absolute atomic E-state index is 0.123. The third-order valence-electron chi connectivity index (χ3n) is 8.10. The van der Waals surface area contributed by atoms with Crippen LogP contribution in [-0.4, -0.2) is 59.5 Å². The lowest BCUT2D eigenvalue weighted by atomic mass is 9.89. The van der Waals surface area contributed by atoms with Gasteiger partial charge in [0.15, 0.2) is 0 Å². The maximum Gasteiger partial charge on any atom is 0.338 e. The fourth-order valence-corrected chi connectivity index (χ4v) is 6.75. The van der Waals surface area contributed by atoms with E-state index in [-0.39, 0.29) is 24.0 Å². The SMILES string of the molecule is Cc1cc(C)cc(C(=O)N2CCC(N3CCC(OC(=O)c4cc(Cl)cc(Cl)c4)CC3)CC2Cc2ccccc2)c1. The topological polar surface area (TPSA) is 49.9 Å². The van der Waals surface area contributed by atoms with Crippen LogP contribution in [0.4, 0.5) is 0 Å². The fraction of sp³-hybridized carbons (Fsp3) is 0.394. The number of carbonyl (C=O) groups excluding carboxylic acids is 2. The number of esters is 1. The maximum absolute atomic E-state index is 13.7. The van der Waals surface area contributed by atoms with E-state index in [0.29, 0.717) is 21.7 Å². The molecule has 2 unspecified atom stereocenters. The molecule has 210 valence electrons. The number of likely N-dealkylation sites (tertiary alicyclic amines) is 2. The molecule has 0 saturated carbocycles. The summed E-state index contributed by atoms with van der Waals surface area (Å²) in [6, 6.07) is 21.9. The number of halogens is 2. The van der Waals surface area contributed by atoms with Gasteiger partial charge in [0.05, 0.1) is 5.56 Å². The van der Waals surface area contributed by atoms with E-state index in [1.807, 2.05) is 32.0 Å². The highest BCUT2D eigenvalue weighted by Gasteiger charge is 2.36. The van der Waals surface area contributed by atoms with Crippen LogP contribution in [0.1, 0.15) is 63.1 Å². The number of nitrogens with zero attached hydrogens (tertiary/aromatic N) is 2. The second-order valence-electron chi connectivity index (χ2n) is 11.2. The molecule has 2 aliphatic heterocycles. The Labute approximate surface area is 247 Å². The molecule has 3 aromatic rings. The lowest BCUT2D eigenvalue weighted by Crippen LogP contribution is -2.54. The Morgan fingerprint density at radius 1 is 0.825 bits per heavy atom. The first-order valence-corrected chi connectivity index (χ1v) is 14.8. The average molecular weight is 580 g/mol. The number of rotatable bonds is 6. The van der Waals surface area contributed by atoms with E-state index in [2.05, 4.69) is 40.1 Å². The molecule has 0 aromatic heterocycles. The molecule has 0 aliphatic carbocycles. The largest absolute Gasteiger partial charge is 0.459 e. The quantitative estimate of drug-likeness (QED) is 0.291. The summed E-state index contributed by atoms with van der Waals surface area (Å²) in [4.78, 5) is 31.0. The van der Waals surface area contributed by atoms with E-state index < -0.39 is 0 Å². The molecule has 2 saturated heterocycles. The van der Waals surface area contributed by atoms with Crippen LogP contribution in [0.25, 0.3) is 0 Å². The van der Waals surface area contributed by atoms with Gasteiger partial charge >= 0.3 is 5.97 Å². The summed E-state index contributed by atoms with van der Waals surface area (Å²) >= 11 is 12.1. The summed E-state index contributed by atoms with van der Waals surface area (Å²) in [6.45, 7) is 6.55. The molecule has 40 heavy (non-hydrogen) atoms. The van der Waals surface area contributed by atoms with E-state index in [1.165, 1.54) is 5.56 Å². The molecule has 7 heteroatoms. The second kappa shape index (κ2) is 12.8. The summed E-state index contributed by atoms with van der Waals surface area (Å²) in [7, 11) is 0. The predicted octanol–water partition coefficient (Wildman–Crippen LogP) is 7.15. The Kier molecular flexibility index (Phi) is 9.14. The zero-order valence-electron chi connectivity index (χ0n) is 23.1. The van der Waals surface area contributed by atoms with Crippen molar-refractivity contribution in [2.24, 2.45) is 0 Å².